The lowest BCUT2D eigenvalue weighted by atomic mass is 10.1. The average Bonchev–Trinajstić information content (AvgIpc) is 3.16. The molecule has 1 aromatic heterocycles. The number of benzene rings is 1. The van der Waals surface area contributed by atoms with E-state index in [2.05, 4.69) is 10.3 Å². The van der Waals surface area contributed by atoms with E-state index in [1.54, 1.807) is 11.8 Å². The molecule has 0 radical (unpaired) electrons. The summed E-state index contributed by atoms with van der Waals surface area (Å²) in [6.45, 7) is 7.89. The van der Waals surface area contributed by atoms with Crippen LogP contribution in [0.25, 0.3) is 0 Å². The van der Waals surface area contributed by atoms with Crippen molar-refractivity contribution >= 4 is 34.8 Å². The molecule has 2 heterocycles. The van der Waals surface area contributed by atoms with Crippen molar-refractivity contribution in [1.29, 1.82) is 0 Å². The number of hydrogen-bond acceptors (Lipinski definition) is 7. The molecule has 0 aliphatic carbocycles. The first-order valence-electron chi connectivity index (χ1n) is 9.79. The second kappa shape index (κ2) is 9.82. The van der Waals surface area contributed by atoms with E-state index in [1.807, 2.05) is 36.9 Å². The first kappa shape index (κ1) is 21.9. The largest absolute Gasteiger partial charge is 0.451 e. The Morgan fingerprint density at radius 2 is 1.77 bits per heavy atom. The molecule has 9 heteroatoms. The number of esters is 1. The van der Waals surface area contributed by atoms with Crippen molar-refractivity contribution in [2.45, 2.75) is 20.8 Å². The number of ether oxygens (including phenoxy) is 1. The second-order valence-electron chi connectivity index (χ2n) is 7.29. The third-order valence-corrected chi connectivity index (χ3v) is 5.88. The molecular formula is C21H26N4O4S. The van der Waals surface area contributed by atoms with E-state index in [-0.39, 0.29) is 25.0 Å². The second-order valence-corrected chi connectivity index (χ2v) is 8.53. The number of aromatic nitrogens is 1. The smallest absolute Gasteiger partial charge is 0.350 e. The van der Waals surface area contributed by atoms with Crippen LogP contribution in [0.3, 0.4) is 0 Å². The standard InChI is InChI=1S/C21H26N4O4S/c1-14-5-4-6-15(2)20(14)23-18(26)12-24-7-9-25(10-8-24)19(27)13-29-21(28)17-11-22-16(3)30-17/h4-6,11H,7-10,12-13H2,1-3H3,(H,23,26). The highest BCUT2D eigenvalue weighted by molar-refractivity contribution is 7.13. The molecule has 1 fully saturated rings. The van der Waals surface area contributed by atoms with Crippen LogP contribution in [0.5, 0.6) is 0 Å². The van der Waals surface area contributed by atoms with Crippen molar-refractivity contribution in [3.63, 3.8) is 0 Å². The number of thiazole rings is 1. The van der Waals surface area contributed by atoms with Crippen LogP contribution in [0.4, 0.5) is 5.69 Å². The van der Waals surface area contributed by atoms with E-state index in [9.17, 15) is 14.4 Å². The van der Waals surface area contributed by atoms with Crippen LogP contribution < -0.4 is 5.32 Å². The van der Waals surface area contributed by atoms with Gasteiger partial charge in [-0.15, -0.1) is 11.3 Å². The molecular weight excluding hydrogens is 404 g/mol. The maximum absolute atomic E-state index is 12.4. The van der Waals surface area contributed by atoms with Crippen LogP contribution in [0.2, 0.25) is 0 Å². The Morgan fingerprint density at radius 1 is 1.10 bits per heavy atom. The molecule has 0 atom stereocenters. The van der Waals surface area contributed by atoms with Crippen molar-refractivity contribution < 1.29 is 19.1 Å². The van der Waals surface area contributed by atoms with Gasteiger partial charge < -0.3 is 15.0 Å². The number of rotatable bonds is 6. The summed E-state index contributed by atoms with van der Waals surface area (Å²) in [5.74, 6) is -0.832. The molecule has 1 aliphatic heterocycles. The third-order valence-electron chi connectivity index (χ3n) is 4.99. The minimum absolute atomic E-state index is 0.0686. The molecule has 0 spiro atoms. The van der Waals surface area contributed by atoms with Gasteiger partial charge in [0, 0.05) is 31.9 Å². The Labute approximate surface area is 179 Å². The molecule has 1 aliphatic rings. The molecule has 160 valence electrons. The Kier molecular flexibility index (Phi) is 7.17. The lowest BCUT2D eigenvalue weighted by Gasteiger charge is -2.34. The maximum Gasteiger partial charge on any atom is 0.350 e. The van der Waals surface area contributed by atoms with Gasteiger partial charge in [0.15, 0.2) is 6.61 Å². The van der Waals surface area contributed by atoms with Crippen molar-refractivity contribution in [1.82, 2.24) is 14.8 Å². The van der Waals surface area contributed by atoms with Crippen molar-refractivity contribution in [2.75, 3.05) is 44.6 Å². The van der Waals surface area contributed by atoms with E-state index < -0.39 is 5.97 Å². The molecule has 0 saturated carbocycles. The van der Waals surface area contributed by atoms with Crippen LogP contribution in [0.1, 0.15) is 25.8 Å². The summed E-state index contributed by atoms with van der Waals surface area (Å²) in [7, 11) is 0. The quantitative estimate of drug-likeness (QED) is 0.705. The number of anilines is 1. The van der Waals surface area contributed by atoms with Gasteiger partial charge in [-0.3, -0.25) is 14.5 Å². The van der Waals surface area contributed by atoms with E-state index in [0.717, 1.165) is 21.8 Å². The van der Waals surface area contributed by atoms with Gasteiger partial charge >= 0.3 is 5.97 Å². The van der Waals surface area contributed by atoms with Gasteiger partial charge in [-0.25, -0.2) is 9.78 Å². The van der Waals surface area contributed by atoms with E-state index in [1.165, 1.54) is 17.5 Å². The van der Waals surface area contributed by atoms with Crippen LogP contribution in [0.15, 0.2) is 24.4 Å². The lowest BCUT2D eigenvalue weighted by molar-refractivity contribution is -0.136. The topological polar surface area (TPSA) is 91.8 Å². The van der Waals surface area contributed by atoms with Gasteiger partial charge in [0.2, 0.25) is 5.91 Å². The fourth-order valence-electron chi connectivity index (χ4n) is 3.29. The monoisotopic (exact) mass is 430 g/mol. The predicted molar refractivity (Wildman–Crippen MR) is 115 cm³/mol. The summed E-state index contributed by atoms with van der Waals surface area (Å²) in [5.41, 5.74) is 2.91. The number of nitrogens with zero attached hydrogens (tertiary/aromatic N) is 3. The summed E-state index contributed by atoms with van der Waals surface area (Å²) in [6, 6.07) is 5.90. The zero-order valence-electron chi connectivity index (χ0n) is 17.4. The van der Waals surface area contributed by atoms with Gasteiger partial charge in [-0.05, 0) is 31.9 Å². The Balaban J connectivity index is 1.41. The molecule has 1 saturated heterocycles. The molecule has 2 amide bonds. The number of para-hydroxylation sites is 1. The normalized spacial score (nSPS) is 14.4. The lowest BCUT2D eigenvalue weighted by Crippen LogP contribution is -2.51. The highest BCUT2D eigenvalue weighted by Crippen LogP contribution is 2.19. The Bertz CT molecular complexity index is 915. The minimum atomic E-state index is -0.532. The fourth-order valence-corrected chi connectivity index (χ4v) is 3.97. The zero-order chi connectivity index (χ0) is 21.7. The van der Waals surface area contributed by atoms with Gasteiger partial charge in [-0.2, -0.15) is 0 Å². The maximum atomic E-state index is 12.4. The number of amides is 2. The Morgan fingerprint density at radius 3 is 2.37 bits per heavy atom. The van der Waals surface area contributed by atoms with Gasteiger partial charge in [0.05, 0.1) is 17.7 Å². The number of carbonyl (C=O) groups is 3. The van der Waals surface area contributed by atoms with Crippen molar-refractivity contribution in [3.8, 4) is 0 Å². The van der Waals surface area contributed by atoms with Gasteiger partial charge in [0.25, 0.3) is 5.91 Å². The van der Waals surface area contributed by atoms with Crippen LogP contribution in [-0.4, -0.2) is 71.9 Å². The van der Waals surface area contributed by atoms with Crippen molar-refractivity contribution in [2.24, 2.45) is 0 Å². The number of piperazine rings is 1. The van der Waals surface area contributed by atoms with Crippen LogP contribution >= 0.6 is 11.3 Å². The molecule has 8 nitrogen and oxygen atoms in total. The highest BCUT2D eigenvalue weighted by atomic mass is 32.1. The van der Waals surface area contributed by atoms with E-state index >= 15 is 0 Å². The fraction of sp³-hybridized carbons (Fsp3) is 0.429. The van der Waals surface area contributed by atoms with Gasteiger partial charge in [0.1, 0.15) is 4.88 Å². The third kappa shape index (κ3) is 5.64. The predicted octanol–water partition coefficient (Wildman–Crippen LogP) is 2.01. The summed E-state index contributed by atoms with van der Waals surface area (Å²) >= 11 is 1.24. The number of hydrogen-bond donors (Lipinski definition) is 1. The minimum Gasteiger partial charge on any atom is -0.451 e. The SMILES string of the molecule is Cc1ncc(C(=O)OCC(=O)N2CCN(CC(=O)Nc3c(C)cccc3C)CC2)s1. The highest BCUT2D eigenvalue weighted by Gasteiger charge is 2.24. The summed E-state index contributed by atoms with van der Waals surface area (Å²) in [4.78, 5) is 44.7. The molecule has 2 aromatic rings. The van der Waals surface area contributed by atoms with Crippen LogP contribution in [-0.2, 0) is 14.3 Å². The molecule has 0 unspecified atom stereocenters. The summed E-state index contributed by atoms with van der Waals surface area (Å²) in [5, 5.41) is 3.76. The van der Waals surface area contributed by atoms with Crippen molar-refractivity contribution in [3.05, 3.63) is 45.4 Å². The Hall–Kier alpha value is -2.78. The summed E-state index contributed by atoms with van der Waals surface area (Å²) in [6.07, 6.45) is 1.45. The molecule has 3 rings (SSSR count). The zero-order valence-corrected chi connectivity index (χ0v) is 18.3. The first-order valence-corrected chi connectivity index (χ1v) is 10.6. The molecule has 1 N–H and O–H groups in total. The van der Waals surface area contributed by atoms with E-state index in [4.69, 9.17) is 4.74 Å². The average molecular weight is 431 g/mol. The molecule has 30 heavy (non-hydrogen) atoms. The number of nitrogens with one attached hydrogen (secondary N) is 1. The molecule has 1 aromatic carbocycles. The van der Waals surface area contributed by atoms with Crippen LogP contribution in [0, 0.1) is 20.8 Å². The first-order chi connectivity index (χ1) is 14.3. The number of carbonyl (C=O) groups excluding carboxylic acids is 3. The van der Waals surface area contributed by atoms with Gasteiger partial charge in [-0.1, -0.05) is 18.2 Å². The van der Waals surface area contributed by atoms with E-state index in [0.29, 0.717) is 31.1 Å². The summed E-state index contributed by atoms with van der Waals surface area (Å²) < 4.78 is 5.10. The molecule has 0 bridgehead atoms. The number of aryl methyl sites for hydroxylation is 3.